The number of carbonyl (C=O) groups excluding carboxylic acids is 1. The zero-order valence-electron chi connectivity index (χ0n) is 12.1. The summed E-state index contributed by atoms with van der Waals surface area (Å²) in [4.78, 5) is 16.6. The Hall–Kier alpha value is -2.20. The second-order valence-electron chi connectivity index (χ2n) is 5.35. The molecule has 0 saturated carbocycles. The van der Waals surface area contributed by atoms with Crippen LogP contribution in [0.25, 0.3) is 0 Å². The molecular formula is C17H19N3O. The summed E-state index contributed by atoms with van der Waals surface area (Å²) >= 11 is 0. The molecule has 1 aromatic heterocycles. The number of fused-ring (bicyclic) bond motifs is 1. The Bertz CT molecular complexity index is 640. The Morgan fingerprint density at radius 3 is 3.05 bits per heavy atom. The largest absolute Gasteiger partial charge is 0.345 e. The van der Waals surface area contributed by atoms with Crippen molar-refractivity contribution in [3.63, 3.8) is 0 Å². The van der Waals surface area contributed by atoms with Gasteiger partial charge in [0.1, 0.15) is 0 Å². The minimum Gasteiger partial charge on any atom is -0.345 e. The lowest BCUT2D eigenvalue weighted by Crippen LogP contribution is -2.30. The quantitative estimate of drug-likeness (QED) is 0.907. The molecule has 0 saturated heterocycles. The minimum atomic E-state index is -0.0521. The maximum absolute atomic E-state index is 12.5. The number of benzene rings is 1. The van der Waals surface area contributed by atoms with Gasteiger partial charge in [0.2, 0.25) is 0 Å². The van der Waals surface area contributed by atoms with Gasteiger partial charge in [-0.15, -0.1) is 0 Å². The van der Waals surface area contributed by atoms with Gasteiger partial charge < -0.3 is 10.6 Å². The van der Waals surface area contributed by atoms with Gasteiger partial charge in [0.05, 0.1) is 6.04 Å². The van der Waals surface area contributed by atoms with Crippen LogP contribution in [0.3, 0.4) is 0 Å². The summed E-state index contributed by atoms with van der Waals surface area (Å²) in [6, 6.07) is 9.76. The topological polar surface area (TPSA) is 54.0 Å². The third kappa shape index (κ3) is 2.95. The normalized spacial score (nSPS) is 15.1. The fourth-order valence-corrected chi connectivity index (χ4v) is 2.73. The molecule has 4 heteroatoms. The van der Waals surface area contributed by atoms with Crippen LogP contribution < -0.4 is 10.6 Å². The second-order valence-corrected chi connectivity index (χ2v) is 5.35. The maximum atomic E-state index is 12.5. The van der Waals surface area contributed by atoms with E-state index in [9.17, 15) is 4.79 Å². The van der Waals surface area contributed by atoms with E-state index in [1.807, 2.05) is 31.2 Å². The van der Waals surface area contributed by atoms with Gasteiger partial charge in [-0.05, 0) is 48.7 Å². The zero-order chi connectivity index (χ0) is 14.7. The van der Waals surface area contributed by atoms with E-state index in [2.05, 4.69) is 21.7 Å². The van der Waals surface area contributed by atoms with E-state index in [1.54, 1.807) is 12.4 Å². The average Bonchev–Trinajstić information content (AvgIpc) is 2.55. The predicted molar refractivity (Wildman–Crippen MR) is 82.0 cm³/mol. The predicted octanol–water partition coefficient (Wildman–Crippen LogP) is 2.22. The molecule has 0 radical (unpaired) electrons. The van der Waals surface area contributed by atoms with Gasteiger partial charge >= 0.3 is 0 Å². The monoisotopic (exact) mass is 281 g/mol. The summed E-state index contributed by atoms with van der Waals surface area (Å²) in [6.07, 6.45) is 4.42. The van der Waals surface area contributed by atoms with Crippen molar-refractivity contribution < 1.29 is 4.79 Å². The third-order valence-corrected chi connectivity index (χ3v) is 3.92. The van der Waals surface area contributed by atoms with Crippen LogP contribution in [-0.2, 0) is 13.0 Å². The lowest BCUT2D eigenvalue weighted by atomic mass is 9.95. The van der Waals surface area contributed by atoms with Crippen LogP contribution in [0.15, 0.2) is 42.7 Å². The van der Waals surface area contributed by atoms with Crippen molar-refractivity contribution in [1.82, 2.24) is 15.6 Å². The highest BCUT2D eigenvalue weighted by Crippen LogP contribution is 2.20. The standard InChI is InChI=1S/C17H19N3O/c1-12(13-5-3-8-18-10-13)20-17(21)16-6-2-4-14-11-19-9-7-15(14)16/h2-6,8,10,12,19H,7,9,11H2,1H3,(H,20,21). The molecule has 21 heavy (non-hydrogen) atoms. The molecule has 2 N–H and O–H groups in total. The second kappa shape index (κ2) is 6.06. The average molecular weight is 281 g/mol. The molecule has 2 aromatic rings. The van der Waals surface area contributed by atoms with E-state index in [4.69, 9.17) is 0 Å². The summed E-state index contributed by atoms with van der Waals surface area (Å²) in [6.45, 7) is 3.75. The van der Waals surface area contributed by atoms with E-state index < -0.39 is 0 Å². The van der Waals surface area contributed by atoms with Crippen molar-refractivity contribution in [2.45, 2.75) is 25.9 Å². The first-order valence-electron chi connectivity index (χ1n) is 7.28. The van der Waals surface area contributed by atoms with E-state index in [-0.39, 0.29) is 11.9 Å². The number of nitrogens with zero attached hydrogens (tertiary/aromatic N) is 1. The Morgan fingerprint density at radius 2 is 2.24 bits per heavy atom. The summed E-state index contributed by atoms with van der Waals surface area (Å²) in [5.74, 6) is -0.00916. The Morgan fingerprint density at radius 1 is 1.33 bits per heavy atom. The minimum absolute atomic E-state index is 0.00916. The maximum Gasteiger partial charge on any atom is 0.252 e. The molecule has 2 heterocycles. The Balaban J connectivity index is 1.80. The third-order valence-electron chi connectivity index (χ3n) is 3.92. The number of hydrogen-bond acceptors (Lipinski definition) is 3. The van der Waals surface area contributed by atoms with Gasteiger partial charge in [-0.3, -0.25) is 9.78 Å². The van der Waals surface area contributed by atoms with Crippen molar-refractivity contribution in [3.05, 3.63) is 65.0 Å². The molecule has 108 valence electrons. The van der Waals surface area contributed by atoms with Crippen LogP contribution in [0.5, 0.6) is 0 Å². The van der Waals surface area contributed by atoms with Crippen LogP contribution >= 0.6 is 0 Å². The van der Waals surface area contributed by atoms with Crippen molar-refractivity contribution in [2.75, 3.05) is 6.54 Å². The highest BCUT2D eigenvalue weighted by molar-refractivity contribution is 5.96. The molecule has 0 fully saturated rings. The number of carbonyl (C=O) groups is 1. The van der Waals surface area contributed by atoms with Gasteiger partial charge in [-0.2, -0.15) is 0 Å². The number of nitrogens with one attached hydrogen (secondary N) is 2. The first-order valence-corrected chi connectivity index (χ1v) is 7.28. The van der Waals surface area contributed by atoms with Crippen LogP contribution in [0.1, 0.15) is 40.0 Å². The van der Waals surface area contributed by atoms with E-state index in [0.29, 0.717) is 0 Å². The van der Waals surface area contributed by atoms with Crippen LogP contribution in [-0.4, -0.2) is 17.4 Å². The fraction of sp³-hybridized carbons (Fsp3) is 0.294. The van der Waals surface area contributed by atoms with Crippen molar-refractivity contribution >= 4 is 5.91 Å². The molecular weight excluding hydrogens is 262 g/mol. The number of aromatic nitrogens is 1. The molecule has 0 aliphatic carbocycles. The summed E-state index contributed by atoms with van der Waals surface area (Å²) in [7, 11) is 0. The SMILES string of the molecule is CC(NC(=O)c1cccc2c1CCNC2)c1cccnc1. The lowest BCUT2D eigenvalue weighted by Gasteiger charge is -2.21. The molecule has 1 aliphatic heterocycles. The molecule has 1 unspecified atom stereocenters. The summed E-state index contributed by atoms with van der Waals surface area (Å²) < 4.78 is 0. The zero-order valence-corrected chi connectivity index (χ0v) is 12.1. The Kier molecular flexibility index (Phi) is 3.97. The van der Waals surface area contributed by atoms with E-state index in [1.165, 1.54) is 11.1 Å². The molecule has 4 nitrogen and oxygen atoms in total. The van der Waals surface area contributed by atoms with Gasteiger partial charge in [0.15, 0.2) is 0 Å². The van der Waals surface area contributed by atoms with Gasteiger partial charge in [0.25, 0.3) is 5.91 Å². The lowest BCUT2D eigenvalue weighted by molar-refractivity contribution is 0.0938. The number of rotatable bonds is 3. The molecule has 1 aliphatic rings. The highest BCUT2D eigenvalue weighted by Gasteiger charge is 2.18. The Labute approximate surface area is 124 Å². The first kappa shape index (κ1) is 13.8. The molecule has 1 atom stereocenters. The number of hydrogen-bond donors (Lipinski definition) is 2. The van der Waals surface area contributed by atoms with Crippen LogP contribution in [0.4, 0.5) is 0 Å². The van der Waals surface area contributed by atoms with Crippen molar-refractivity contribution in [1.29, 1.82) is 0 Å². The van der Waals surface area contributed by atoms with Gasteiger partial charge in [-0.1, -0.05) is 18.2 Å². The molecule has 0 bridgehead atoms. The summed E-state index contributed by atoms with van der Waals surface area (Å²) in [5, 5.41) is 6.40. The van der Waals surface area contributed by atoms with E-state index >= 15 is 0 Å². The highest BCUT2D eigenvalue weighted by atomic mass is 16.1. The molecule has 3 rings (SSSR count). The summed E-state index contributed by atoms with van der Waals surface area (Å²) in [5.41, 5.74) is 4.21. The van der Waals surface area contributed by atoms with Crippen molar-refractivity contribution in [2.24, 2.45) is 0 Å². The van der Waals surface area contributed by atoms with Crippen LogP contribution in [0, 0.1) is 0 Å². The molecule has 1 aromatic carbocycles. The van der Waals surface area contributed by atoms with E-state index in [0.717, 1.165) is 30.6 Å². The smallest absolute Gasteiger partial charge is 0.252 e. The van der Waals surface area contributed by atoms with Gasteiger partial charge in [0, 0.05) is 24.5 Å². The molecule has 1 amide bonds. The van der Waals surface area contributed by atoms with Crippen molar-refractivity contribution in [3.8, 4) is 0 Å². The van der Waals surface area contributed by atoms with Gasteiger partial charge in [-0.25, -0.2) is 0 Å². The first-order chi connectivity index (χ1) is 10.3. The molecule has 0 spiro atoms. The number of amides is 1. The number of pyridine rings is 1. The fourth-order valence-electron chi connectivity index (χ4n) is 2.73. The van der Waals surface area contributed by atoms with Crippen LogP contribution in [0.2, 0.25) is 0 Å².